The molecule has 1 N–H and O–H groups in total. The molecule has 6 rings (SSSR count). The summed E-state index contributed by atoms with van der Waals surface area (Å²) in [4.78, 5) is 43.8. The molecule has 6 aromatic rings. The summed E-state index contributed by atoms with van der Waals surface area (Å²) in [5, 5.41) is 28.3. The van der Waals surface area contributed by atoms with Crippen LogP contribution in [0, 0.1) is 80.0 Å². The molecular weight excluding hydrogens is 778 g/mol. The lowest BCUT2D eigenvalue weighted by Crippen LogP contribution is -2.04. The SMILES string of the molecule is [C-]#[N+]c1nc(Cl)[nH]c1[N+]#[C-].[C-]#[N+]c1nc(Cl)n(I)c1[N+]#[C-].[C-]#[N+]c1nc2n3c([N+]#[C-])c(C#N)nc3n3c(C#N)c(C#N)nc3n2c1[N+]#[C-]. The van der Waals surface area contributed by atoms with Gasteiger partial charge >= 0.3 is 27.9 Å². The lowest BCUT2D eigenvalue weighted by Gasteiger charge is -1.97. The lowest BCUT2D eigenvalue weighted by atomic mass is 10.4. The lowest BCUT2D eigenvalue weighted by molar-refractivity contribution is 0.982. The summed E-state index contributed by atoms with van der Waals surface area (Å²) in [6.45, 7) is 48.4. The number of fused-ring (bicyclic) bond motifs is 6. The first kappa shape index (κ1) is 33.2. The molecule has 6 heterocycles. The average molecular weight is 779 g/mol. The van der Waals surface area contributed by atoms with Gasteiger partial charge in [-0.3, -0.25) is 4.98 Å². The molecule has 0 fully saturated rings. The molecular formula is C25HCl2IN20. The summed E-state index contributed by atoms with van der Waals surface area (Å²) in [6, 6.07) is 5.41. The van der Waals surface area contributed by atoms with E-state index in [1.54, 1.807) is 12.1 Å². The van der Waals surface area contributed by atoms with Crippen LogP contribution in [-0.4, -0.2) is 45.9 Å². The van der Waals surface area contributed by atoms with Crippen molar-refractivity contribution in [3.8, 4) is 18.2 Å². The molecule has 0 saturated carbocycles. The van der Waals surface area contributed by atoms with Crippen LogP contribution in [0.4, 0.5) is 40.7 Å². The first-order valence-electron chi connectivity index (χ1n) is 11.5. The number of hydrogen-bond acceptors (Lipinski definition) is 8. The standard InChI is InChI=1S/C15N12.C5ClIN4.C5HClN4/c1-19-10-12(21-3)27-13-22-7(4-16)9(6-18)25(13)14-23-8(5-17)11(20-2)26(14)15(27)24-10;1-8-3-4(9-2)11(7)5(6)10-3;1-7-3-4(8-2)10-5(6)9-3/h;;(H,9,10). The van der Waals surface area contributed by atoms with Crippen LogP contribution in [0.25, 0.3) is 51.2 Å². The molecule has 0 aromatic carbocycles. The first-order valence-corrected chi connectivity index (χ1v) is 13.3. The van der Waals surface area contributed by atoms with Gasteiger partial charge in [-0.25, -0.2) is 0 Å². The van der Waals surface area contributed by atoms with Crippen LogP contribution < -0.4 is 0 Å². The van der Waals surface area contributed by atoms with Gasteiger partial charge in [-0.1, -0.05) is 61.0 Å². The highest BCUT2D eigenvalue weighted by atomic mass is 127. The summed E-state index contributed by atoms with van der Waals surface area (Å²) in [5.41, 5.74) is -0.640. The minimum Gasteiger partial charge on any atom is -0.373 e. The third-order valence-electron chi connectivity index (χ3n) is 5.56. The van der Waals surface area contributed by atoms with Gasteiger partial charge in [0.15, 0.2) is 39.9 Å². The van der Waals surface area contributed by atoms with Crippen molar-refractivity contribution in [2.45, 2.75) is 0 Å². The Hall–Kier alpha value is -7.74. The Morgan fingerprint density at radius 3 is 1.56 bits per heavy atom. The highest BCUT2D eigenvalue weighted by molar-refractivity contribution is 14.1. The van der Waals surface area contributed by atoms with Gasteiger partial charge in [0.05, 0.1) is 0 Å². The highest BCUT2D eigenvalue weighted by Crippen LogP contribution is 2.35. The third-order valence-corrected chi connectivity index (χ3v) is 7.19. The topological polar surface area (TPSA) is 200 Å². The minimum absolute atomic E-state index is 0.0278. The molecule has 20 nitrogen and oxygen atoms in total. The fourth-order valence-electron chi connectivity index (χ4n) is 3.75. The highest BCUT2D eigenvalue weighted by Gasteiger charge is 2.33. The number of halogens is 3. The van der Waals surface area contributed by atoms with Crippen LogP contribution in [0.15, 0.2) is 0 Å². The maximum absolute atomic E-state index is 9.48. The number of imidazole rings is 5. The smallest absolute Gasteiger partial charge is 0.373 e. The number of rotatable bonds is 0. The van der Waals surface area contributed by atoms with Crippen molar-refractivity contribution in [2.24, 2.45) is 0 Å². The van der Waals surface area contributed by atoms with E-state index >= 15 is 0 Å². The summed E-state index contributed by atoms with van der Waals surface area (Å²) in [7, 11) is 0. The van der Waals surface area contributed by atoms with Crippen LogP contribution in [0.1, 0.15) is 17.1 Å². The molecule has 0 saturated heterocycles. The molecule has 0 bridgehead atoms. The van der Waals surface area contributed by atoms with E-state index in [4.69, 9.17) is 69.2 Å². The van der Waals surface area contributed by atoms with E-state index in [1.807, 2.05) is 28.9 Å². The van der Waals surface area contributed by atoms with E-state index in [0.717, 1.165) is 13.2 Å². The molecule has 0 aliphatic carbocycles. The summed E-state index contributed by atoms with van der Waals surface area (Å²) < 4.78 is 4.82. The molecule has 0 radical (unpaired) electrons. The van der Waals surface area contributed by atoms with E-state index in [9.17, 15) is 15.8 Å². The number of nitrogens with zero attached hydrogens (tertiary/aromatic N) is 19. The van der Waals surface area contributed by atoms with Crippen LogP contribution in [0.3, 0.4) is 0 Å². The maximum atomic E-state index is 9.48. The predicted molar refractivity (Wildman–Crippen MR) is 171 cm³/mol. The molecule has 0 amide bonds. The summed E-state index contributed by atoms with van der Waals surface area (Å²) in [5.74, 6) is -0.447. The van der Waals surface area contributed by atoms with Crippen LogP contribution in [0.2, 0.25) is 10.6 Å². The largest absolute Gasteiger partial charge is 0.465 e. The summed E-state index contributed by atoms with van der Waals surface area (Å²) in [6.07, 6.45) is 0. The average Bonchev–Trinajstić information content (AvgIpc) is 3.91. The van der Waals surface area contributed by atoms with Crippen LogP contribution >= 0.6 is 46.1 Å². The van der Waals surface area contributed by atoms with Gasteiger partial charge in [0.25, 0.3) is 40.7 Å². The monoisotopic (exact) mass is 778 g/mol. The number of aromatic amines is 1. The zero-order chi connectivity index (χ0) is 35.3. The number of hydrogen-bond donors (Lipinski definition) is 1. The van der Waals surface area contributed by atoms with Crippen molar-refractivity contribution < 1.29 is 0 Å². The molecule has 0 spiro atoms. The van der Waals surface area contributed by atoms with Crippen molar-refractivity contribution in [1.29, 1.82) is 15.8 Å². The molecule has 222 valence electrons. The van der Waals surface area contributed by atoms with E-state index < -0.39 is 0 Å². The Morgan fingerprint density at radius 2 is 1.10 bits per heavy atom. The Balaban J connectivity index is 0.000000203. The number of nitrogens with one attached hydrogen (secondary N) is 1. The van der Waals surface area contributed by atoms with Crippen LogP contribution in [0.5, 0.6) is 0 Å². The van der Waals surface area contributed by atoms with Gasteiger partial charge in [0.1, 0.15) is 18.2 Å². The van der Waals surface area contributed by atoms with Gasteiger partial charge in [-0.05, 0) is 0 Å². The Morgan fingerprint density at radius 1 is 0.583 bits per heavy atom. The van der Waals surface area contributed by atoms with Gasteiger partial charge < -0.3 is 33.9 Å². The van der Waals surface area contributed by atoms with Crippen molar-refractivity contribution >= 4 is 104 Å². The first-order chi connectivity index (χ1) is 23.1. The molecule has 0 aliphatic heterocycles. The fourth-order valence-corrected chi connectivity index (χ4v) is 4.51. The molecule has 48 heavy (non-hydrogen) atoms. The number of aromatic nitrogens is 10. The number of H-pyrrole nitrogens is 1. The van der Waals surface area contributed by atoms with E-state index in [1.165, 1.54) is 2.78 Å². The quantitative estimate of drug-likeness (QED) is 0.127. The minimum atomic E-state index is -0.248. The second kappa shape index (κ2) is 13.5. The van der Waals surface area contributed by atoms with E-state index in [0.29, 0.717) is 0 Å². The van der Waals surface area contributed by atoms with Gasteiger partial charge in [-0.2, -0.15) is 41.7 Å². The zero-order valence-corrected chi connectivity index (χ0v) is 26.3. The Bertz CT molecular complexity index is 2540. The van der Waals surface area contributed by atoms with Crippen molar-refractivity contribution in [2.75, 3.05) is 0 Å². The van der Waals surface area contributed by atoms with Crippen molar-refractivity contribution in [1.82, 2.24) is 45.9 Å². The van der Waals surface area contributed by atoms with Gasteiger partial charge in [0.2, 0.25) is 0 Å². The Kier molecular flexibility index (Phi) is 9.32. The third kappa shape index (κ3) is 5.28. The molecule has 0 unspecified atom stereocenters. The van der Waals surface area contributed by atoms with Crippen molar-refractivity contribution in [3.05, 3.63) is 108 Å². The van der Waals surface area contributed by atoms with E-state index in [2.05, 4.69) is 63.8 Å². The van der Waals surface area contributed by atoms with Crippen LogP contribution in [-0.2, 0) is 0 Å². The fraction of sp³-hybridized carbons (Fsp3) is 0. The molecule has 23 heteroatoms. The van der Waals surface area contributed by atoms with Gasteiger partial charge in [0, 0.05) is 23.2 Å². The molecule has 0 aliphatic rings. The van der Waals surface area contributed by atoms with E-state index in [-0.39, 0.29) is 85.7 Å². The number of nitriles is 3. The van der Waals surface area contributed by atoms with Gasteiger partial charge in [-0.15, -0.1) is 0 Å². The zero-order valence-electron chi connectivity index (χ0n) is 22.6. The second-order valence-electron chi connectivity index (χ2n) is 7.89. The van der Waals surface area contributed by atoms with Crippen molar-refractivity contribution in [3.63, 3.8) is 0 Å². The molecule has 6 aromatic heterocycles. The normalized spacial score (nSPS) is 9.35. The maximum Gasteiger partial charge on any atom is 0.465 e. The molecule has 0 atom stereocenters. The summed E-state index contributed by atoms with van der Waals surface area (Å²) >= 11 is 12.7. The second-order valence-corrected chi connectivity index (χ2v) is 9.55. The predicted octanol–water partition coefficient (Wildman–Crippen LogP) is 6.90. The Labute approximate surface area is 290 Å².